The summed E-state index contributed by atoms with van der Waals surface area (Å²) in [4.78, 5) is 28.1. The molecular weight excluding hydrogens is 308 g/mol. The highest BCUT2D eigenvalue weighted by atomic mass is 35.5. The van der Waals surface area contributed by atoms with Crippen molar-refractivity contribution in [3.63, 3.8) is 0 Å². The summed E-state index contributed by atoms with van der Waals surface area (Å²) >= 11 is 7.23. The van der Waals surface area contributed by atoms with Gasteiger partial charge in [0, 0.05) is 23.3 Å². The highest BCUT2D eigenvalue weighted by Gasteiger charge is 2.13. The number of carbonyl (C=O) groups excluding carboxylic acids is 2. The molecule has 1 amide bonds. The molecular formula is C15H17ClN2O2S. The summed E-state index contributed by atoms with van der Waals surface area (Å²) in [5.74, 6) is -0.157. The van der Waals surface area contributed by atoms with Crippen molar-refractivity contribution in [3.8, 4) is 0 Å². The molecule has 0 unspecified atom stereocenters. The van der Waals surface area contributed by atoms with Crippen molar-refractivity contribution in [2.24, 2.45) is 4.99 Å². The smallest absolute Gasteiger partial charge is 0.247 e. The first-order valence-corrected chi connectivity index (χ1v) is 8.14. The van der Waals surface area contributed by atoms with Gasteiger partial charge in [-0.2, -0.15) is 0 Å². The van der Waals surface area contributed by atoms with Crippen molar-refractivity contribution < 1.29 is 9.59 Å². The van der Waals surface area contributed by atoms with Gasteiger partial charge < -0.3 is 0 Å². The molecule has 0 atom stereocenters. The average molecular weight is 325 g/mol. The molecule has 0 spiro atoms. The molecule has 1 heterocycles. The largest absolute Gasteiger partial charge is 0.273 e. The lowest BCUT2D eigenvalue weighted by Gasteiger charge is -2.00. The summed E-state index contributed by atoms with van der Waals surface area (Å²) < 4.78 is 2.16. The maximum absolute atomic E-state index is 12.2. The van der Waals surface area contributed by atoms with E-state index in [1.807, 2.05) is 13.8 Å². The minimum atomic E-state index is -0.171. The number of halogens is 1. The van der Waals surface area contributed by atoms with Gasteiger partial charge in [0.2, 0.25) is 11.8 Å². The lowest BCUT2D eigenvalue weighted by molar-refractivity contribution is -0.118. The number of rotatable bonds is 4. The van der Waals surface area contributed by atoms with Crippen LogP contribution in [0.15, 0.2) is 23.2 Å². The molecule has 0 fully saturated rings. The molecule has 2 rings (SSSR count). The van der Waals surface area contributed by atoms with E-state index >= 15 is 0 Å². The summed E-state index contributed by atoms with van der Waals surface area (Å²) in [6.07, 6.45) is 2.40. The van der Waals surface area contributed by atoms with Gasteiger partial charge >= 0.3 is 0 Å². The van der Waals surface area contributed by atoms with Gasteiger partial charge in [0.05, 0.1) is 5.52 Å². The first-order valence-electron chi connectivity index (χ1n) is 6.99. The lowest BCUT2D eigenvalue weighted by Crippen LogP contribution is -2.07. The first kappa shape index (κ1) is 15.9. The Kier molecular flexibility index (Phi) is 5.31. The second kappa shape index (κ2) is 7.00. The summed E-state index contributed by atoms with van der Waals surface area (Å²) in [5.41, 5.74) is 0.755. The molecule has 112 valence electrons. The van der Waals surface area contributed by atoms with Crippen LogP contribution < -0.4 is 4.67 Å². The van der Waals surface area contributed by atoms with Gasteiger partial charge in [-0.25, -0.2) is 8.95 Å². The van der Waals surface area contributed by atoms with E-state index in [4.69, 9.17) is 11.6 Å². The van der Waals surface area contributed by atoms with E-state index in [2.05, 4.69) is 4.99 Å². The Morgan fingerprint density at radius 2 is 1.95 bits per heavy atom. The van der Waals surface area contributed by atoms with E-state index in [1.54, 1.807) is 22.2 Å². The standard InChI is InChI=1S/C15H17ClN2O2S/c1-3-5-13(19)17-15-11-9-10(16)7-8-12(11)18(21-15)14(20)6-4-2/h7-9H,3-6H2,1-2H3. The Morgan fingerprint density at radius 1 is 1.24 bits per heavy atom. The Bertz CT molecular complexity index is 746. The van der Waals surface area contributed by atoms with E-state index in [9.17, 15) is 9.59 Å². The van der Waals surface area contributed by atoms with Crippen LogP contribution in [-0.4, -0.2) is 15.8 Å². The number of nitrogens with zero attached hydrogens (tertiary/aromatic N) is 2. The number of benzene rings is 1. The third-order valence-electron chi connectivity index (χ3n) is 2.97. The maximum atomic E-state index is 12.2. The van der Waals surface area contributed by atoms with E-state index < -0.39 is 0 Å². The second-order valence-electron chi connectivity index (χ2n) is 4.75. The van der Waals surface area contributed by atoms with Gasteiger partial charge in [-0.3, -0.25) is 9.59 Å². The molecule has 0 aliphatic carbocycles. The SMILES string of the molecule is CCCC(=O)N=c1sn(C(=O)CCC)c2ccc(Cl)cc12. The van der Waals surface area contributed by atoms with Crippen molar-refractivity contribution in [1.82, 2.24) is 3.96 Å². The fourth-order valence-corrected chi connectivity index (χ4v) is 3.21. The number of hydrogen-bond donors (Lipinski definition) is 0. The predicted octanol–water partition coefficient (Wildman–Crippen LogP) is 4.02. The van der Waals surface area contributed by atoms with E-state index in [1.165, 1.54) is 11.5 Å². The topological polar surface area (TPSA) is 51.4 Å². The zero-order valence-electron chi connectivity index (χ0n) is 12.1. The van der Waals surface area contributed by atoms with Crippen LogP contribution in [0, 0.1) is 0 Å². The Labute approximate surface area is 132 Å². The Hall–Kier alpha value is -1.46. The van der Waals surface area contributed by atoms with E-state index in [-0.39, 0.29) is 11.8 Å². The molecule has 4 nitrogen and oxygen atoms in total. The van der Waals surface area contributed by atoms with E-state index in [0.29, 0.717) is 22.5 Å². The van der Waals surface area contributed by atoms with Crippen LogP contribution in [0.3, 0.4) is 0 Å². The monoisotopic (exact) mass is 324 g/mol. The quantitative estimate of drug-likeness (QED) is 0.852. The molecule has 0 aliphatic rings. The van der Waals surface area contributed by atoms with Crippen molar-refractivity contribution in [1.29, 1.82) is 0 Å². The molecule has 0 aliphatic heterocycles. The number of carbonyl (C=O) groups is 2. The highest BCUT2D eigenvalue weighted by Crippen LogP contribution is 2.20. The Balaban J connectivity index is 2.63. The molecule has 1 aromatic carbocycles. The van der Waals surface area contributed by atoms with Crippen LogP contribution in [0.2, 0.25) is 5.02 Å². The van der Waals surface area contributed by atoms with Crippen LogP contribution in [0.5, 0.6) is 0 Å². The summed E-state index contributed by atoms with van der Waals surface area (Å²) in [6.45, 7) is 3.89. The molecule has 0 bridgehead atoms. The third kappa shape index (κ3) is 3.60. The molecule has 0 saturated carbocycles. The fraction of sp³-hybridized carbons (Fsp3) is 0.400. The molecule has 0 saturated heterocycles. The van der Waals surface area contributed by atoms with Crippen LogP contribution in [0.1, 0.15) is 44.3 Å². The van der Waals surface area contributed by atoms with Gasteiger partial charge in [0.25, 0.3) is 0 Å². The van der Waals surface area contributed by atoms with Crippen molar-refractivity contribution in [2.45, 2.75) is 39.5 Å². The van der Waals surface area contributed by atoms with Crippen LogP contribution in [0.4, 0.5) is 0 Å². The lowest BCUT2D eigenvalue weighted by atomic mass is 10.2. The predicted molar refractivity (Wildman–Crippen MR) is 85.8 cm³/mol. The summed E-state index contributed by atoms with van der Waals surface area (Å²) in [6, 6.07) is 5.29. The zero-order chi connectivity index (χ0) is 15.4. The zero-order valence-corrected chi connectivity index (χ0v) is 13.6. The molecule has 6 heteroatoms. The van der Waals surface area contributed by atoms with Gasteiger partial charge in [0.15, 0.2) is 0 Å². The molecule has 1 aromatic heterocycles. The summed E-state index contributed by atoms with van der Waals surface area (Å²) in [5, 5.41) is 1.32. The van der Waals surface area contributed by atoms with Crippen molar-refractivity contribution in [2.75, 3.05) is 0 Å². The normalized spacial score (nSPS) is 12.0. The fourth-order valence-electron chi connectivity index (χ4n) is 2.01. The third-order valence-corrected chi connectivity index (χ3v) is 4.27. The number of fused-ring (bicyclic) bond motifs is 1. The molecule has 0 N–H and O–H groups in total. The van der Waals surface area contributed by atoms with Crippen LogP contribution in [0.25, 0.3) is 10.9 Å². The number of aromatic nitrogens is 1. The Morgan fingerprint density at radius 3 is 2.62 bits per heavy atom. The van der Waals surface area contributed by atoms with Crippen molar-refractivity contribution in [3.05, 3.63) is 27.9 Å². The maximum Gasteiger partial charge on any atom is 0.247 e. The van der Waals surface area contributed by atoms with Crippen LogP contribution >= 0.6 is 23.1 Å². The minimum absolute atomic E-state index is 0.0132. The van der Waals surface area contributed by atoms with E-state index in [0.717, 1.165) is 23.7 Å². The van der Waals surface area contributed by atoms with Crippen LogP contribution in [-0.2, 0) is 4.79 Å². The molecule has 2 aromatic rings. The van der Waals surface area contributed by atoms with Gasteiger partial charge in [-0.15, -0.1) is 0 Å². The minimum Gasteiger partial charge on any atom is -0.273 e. The first-order chi connectivity index (χ1) is 10.1. The van der Waals surface area contributed by atoms with Gasteiger partial charge in [0.1, 0.15) is 4.67 Å². The highest BCUT2D eigenvalue weighted by molar-refractivity contribution is 7.06. The molecule has 0 radical (unpaired) electrons. The van der Waals surface area contributed by atoms with Gasteiger partial charge in [-0.05, 0) is 42.6 Å². The molecule has 21 heavy (non-hydrogen) atoms. The summed E-state index contributed by atoms with van der Waals surface area (Å²) in [7, 11) is 0. The average Bonchev–Trinajstić information content (AvgIpc) is 2.77. The number of hydrogen-bond acceptors (Lipinski definition) is 3. The number of amides is 1. The second-order valence-corrected chi connectivity index (χ2v) is 6.12. The van der Waals surface area contributed by atoms with Gasteiger partial charge in [-0.1, -0.05) is 25.4 Å². The van der Waals surface area contributed by atoms with Crippen molar-refractivity contribution >= 4 is 45.9 Å².